The van der Waals surface area contributed by atoms with Crippen molar-refractivity contribution in [3.8, 4) is 0 Å². The largest absolute Gasteiger partial charge is 2.00 e. The molecule has 0 aliphatic heterocycles. The summed E-state index contributed by atoms with van der Waals surface area (Å²) in [6, 6.07) is 7.11. The van der Waals surface area contributed by atoms with Crippen LogP contribution in [0.2, 0.25) is 0 Å². The zero-order valence-electron chi connectivity index (χ0n) is 9.38. The molecule has 2 aromatic rings. The number of rotatable bonds is 4. The summed E-state index contributed by atoms with van der Waals surface area (Å²) in [5, 5.41) is 10.3. The van der Waals surface area contributed by atoms with Gasteiger partial charge in [0, 0.05) is 5.12 Å². The van der Waals surface area contributed by atoms with E-state index in [4.69, 9.17) is 0 Å². The SMILES string of the molecule is O=C([S-])CC(C(=O)[O-])c1nc2ccccc2[nH]1.[Zn+2]. The van der Waals surface area contributed by atoms with Gasteiger partial charge < -0.3 is 32.3 Å². The first-order valence-electron chi connectivity index (χ1n) is 4.93. The molecule has 0 fully saturated rings. The van der Waals surface area contributed by atoms with E-state index >= 15 is 0 Å². The number of hydrogen-bond acceptors (Lipinski definition) is 5. The number of imidazole rings is 1. The monoisotopic (exact) mass is 312 g/mol. The predicted octanol–water partition coefficient (Wildman–Crippen LogP) is -0.143. The van der Waals surface area contributed by atoms with Crippen LogP contribution in [0.4, 0.5) is 0 Å². The van der Waals surface area contributed by atoms with Crippen molar-refractivity contribution in [2.24, 2.45) is 0 Å². The Bertz CT molecular complexity index is 551. The van der Waals surface area contributed by atoms with E-state index in [9.17, 15) is 14.7 Å². The Hall–Kier alpha value is -1.33. The molecule has 1 aromatic heterocycles. The molecule has 1 aromatic carbocycles. The summed E-state index contributed by atoms with van der Waals surface area (Å²) in [6.45, 7) is 0. The van der Waals surface area contributed by atoms with E-state index in [-0.39, 0.29) is 31.7 Å². The number of aromatic nitrogens is 2. The third kappa shape index (κ3) is 3.12. The van der Waals surface area contributed by atoms with Gasteiger partial charge in [0.15, 0.2) is 0 Å². The Kier molecular flexibility index (Phi) is 4.93. The van der Waals surface area contributed by atoms with Crippen molar-refractivity contribution >= 4 is 34.7 Å². The van der Waals surface area contributed by atoms with Gasteiger partial charge in [0.2, 0.25) is 0 Å². The average Bonchev–Trinajstić information content (AvgIpc) is 2.68. The Balaban J connectivity index is 0.00000162. The van der Waals surface area contributed by atoms with E-state index < -0.39 is 17.0 Å². The number of H-pyrrole nitrogens is 1. The van der Waals surface area contributed by atoms with Gasteiger partial charge in [-0.05, 0) is 18.6 Å². The first-order valence-corrected chi connectivity index (χ1v) is 5.34. The molecule has 0 amide bonds. The smallest absolute Gasteiger partial charge is 0.742 e. The predicted molar refractivity (Wildman–Crippen MR) is 60.8 cm³/mol. The number of benzene rings is 1. The maximum atomic E-state index is 10.9. The molecule has 7 heteroatoms. The Morgan fingerprint density at radius 2 is 2.06 bits per heavy atom. The van der Waals surface area contributed by atoms with Crippen molar-refractivity contribution in [3.05, 3.63) is 30.1 Å². The maximum Gasteiger partial charge on any atom is 2.00 e. The van der Waals surface area contributed by atoms with Gasteiger partial charge in [-0.25, -0.2) is 4.98 Å². The zero-order valence-corrected chi connectivity index (χ0v) is 13.2. The van der Waals surface area contributed by atoms with Crippen LogP contribution in [0.15, 0.2) is 24.3 Å². The molecule has 0 spiro atoms. The number of carbonyl (C=O) groups excluding carboxylic acids is 2. The standard InChI is InChI=1S/C11H10N2O3S.Zn/c14-9(17)5-6(11(15)16)10-12-7-3-1-2-4-8(7)13-10;/h1-4,6H,5H2,(H,12,13)(H,14,17)(H,15,16);/q;+2/p-2. The molecule has 0 bridgehead atoms. The molecule has 0 saturated heterocycles. The molecule has 0 aliphatic carbocycles. The second-order valence-electron chi connectivity index (χ2n) is 3.59. The van der Waals surface area contributed by atoms with Gasteiger partial charge in [0.25, 0.3) is 0 Å². The van der Waals surface area contributed by atoms with Crippen LogP contribution >= 0.6 is 0 Å². The number of hydrogen-bond donors (Lipinski definition) is 1. The minimum atomic E-state index is -1.36. The number of carboxylic acid groups (broad SMARTS) is 1. The van der Waals surface area contributed by atoms with Gasteiger partial charge in [0.1, 0.15) is 5.82 Å². The van der Waals surface area contributed by atoms with Crippen molar-refractivity contribution in [1.82, 2.24) is 9.97 Å². The first kappa shape index (κ1) is 14.7. The van der Waals surface area contributed by atoms with E-state index in [0.717, 1.165) is 0 Å². The minimum absolute atomic E-state index is 0. The minimum Gasteiger partial charge on any atom is -0.742 e. The summed E-state index contributed by atoms with van der Waals surface area (Å²) in [6.07, 6.45) is -0.294. The van der Waals surface area contributed by atoms with E-state index in [1.54, 1.807) is 24.3 Å². The normalized spacial score (nSPS) is 11.8. The van der Waals surface area contributed by atoms with E-state index in [1.807, 2.05) is 0 Å². The van der Waals surface area contributed by atoms with Gasteiger partial charge in [0.05, 0.1) is 22.9 Å². The molecule has 0 aliphatic rings. The van der Waals surface area contributed by atoms with Crippen LogP contribution in [0, 0.1) is 0 Å². The quantitative estimate of drug-likeness (QED) is 0.627. The van der Waals surface area contributed by atoms with Crippen molar-refractivity contribution in [2.45, 2.75) is 12.3 Å². The number of fused-ring (bicyclic) bond motifs is 1. The van der Waals surface area contributed by atoms with Crippen molar-refractivity contribution in [1.29, 1.82) is 0 Å². The van der Waals surface area contributed by atoms with E-state index in [0.29, 0.717) is 11.0 Å². The molecule has 5 nitrogen and oxygen atoms in total. The van der Waals surface area contributed by atoms with Crippen LogP contribution in [0.1, 0.15) is 18.2 Å². The number of aromatic amines is 1. The number of nitrogens with zero attached hydrogens (tertiary/aromatic N) is 1. The molecule has 0 saturated carbocycles. The summed E-state index contributed by atoms with van der Waals surface area (Å²) in [7, 11) is 0. The van der Waals surface area contributed by atoms with E-state index in [2.05, 4.69) is 22.6 Å². The van der Waals surface area contributed by atoms with Crippen LogP contribution in [-0.2, 0) is 41.7 Å². The van der Waals surface area contributed by atoms with Gasteiger partial charge in [-0.1, -0.05) is 12.1 Å². The van der Waals surface area contributed by atoms with Gasteiger partial charge >= 0.3 is 19.5 Å². The Morgan fingerprint density at radius 1 is 1.39 bits per heavy atom. The summed E-state index contributed by atoms with van der Waals surface area (Å²) in [5.74, 6) is -2.28. The molecule has 1 unspecified atom stereocenters. The summed E-state index contributed by atoms with van der Waals surface area (Å²) in [4.78, 5) is 28.7. The summed E-state index contributed by atoms with van der Waals surface area (Å²) >= 11 is 4.38. The van der Waals surface area contributed by atoms with Crippen molar-refractivity contribution in [2.75, 3.05) is 0 Å². The fraction of sp³-hybridized carbons (Fsp3) is 0.182. The Labute approximate surface area is 121 Å². The third-order valence-corrected chi connectivity index (χ3v) is 2.56. The molecule has 88 valence electrons. The Morgan fingerprint density at radius 3 is 2.61 bits per heavy atom. The fourth-order valence-electron chi connectivity index (χ4n) is 1.60. The fourth-order valence-corrected chi connectivity index (χ4v) is 1.76. The summed E-state index contributed by atoms with van der Waals surface area (Å²) < 4.78 is 0. The summed E-state index contributed by atoms with van der Waals surface area (Å²) in [5.41, 5.74) is 1.36. The van der Waals surface area contributed by atoms with Gasteiger partial charge in [-0.15, -0.1) is 0 Å². The molecule has 18 heavy (non-hydrogen) atoms. The number of carbonyl (C=O) groups is 2. The zero-order chi connectivity index (χ0) is 12.4. The average molecular weight is 314 g/mol. The van der Waals surface area contributed by atoms with Gasteiger partial charge in [-0.3, -0.25) is 0 Å². The molecule has 1 heterocycles. The van der Waals surface area contributed by atoms with Crippen molar-refractivity contribution in [3.63, 3.8) is 0 Å². The van der Waals surface area contributed by atoms with Crippen LogP contribution < -0.4 is 5.11 Å². The molecule has 1 N–H and O–H groups in total. The molecule has 2 rings (SSSR count). The maximum absolute atomic E-state index is 10.9. The molecular weight excluding hydrogens is 306 g/mol. The number of para-hydroxylation sites is 2. The number of carboxylic acids is 1. The number of aliphatic carboxylic acids is 1. The van der Waals surface area contributed by atoms with E-state index in [1.165, 1.54) is 0 Å². The van der Waals surface area contributed by atoms with Crippen molar-refractivity contribution < 1.29 is 34.2 Å². The molecule has 0 radical (unpaired) electrons. The van der Waals surface area contributed by atoms with Crippen LogP contribution in [0.3, 0.4) is 0 Å². The second kappa shape index (κ2) is 6.02. The first-order chi connectivity index (χ1) is 8.08. The van der Waals surface area contributed by atoms with Gasteiger partial charge in [-0.2, -0.15) is 0 Å². The number of nitrogens with one attached hydrogen (secondary N) is 1. The third-order valence-electron chi connectivity index (χ3n) is 2.39. The van der Waals surface area contributed by atoms with Crippen LogP contribution in [0.5, 0.6) is 0 Å². The second-order valence-corrected chi connectivity index (χ2v) is 4.04. The van der Waals surface area contributed by atoms with Crippen LogP contribution in [-0.4, -0.2) is 21.1 Å². The topological polar surface area (TPSA) is 85.9 Å². The molecular formula is C11H8N2O3SZn. The van der Waals surface area contributed by atoms with Crippen LogP contribution in [0.25, 0.3) is 11.0 Å². The molecule has 1 atom stereocenters.